The molecule has 2 aromatic carbocycles. The molecule has 0 aliphatic rings. The van der Waals surface area contributed by atoms with Gasteiger partial charge in [0.2, 0.25) is 10.9 Å². The molecule has 5 heteroatoms. The maximum atomic E-state index is 11.9. The lowest BCUT2D eigenvalue weighted by atomic mass is 9.97. The van der Waals surface area contributed by atoms with Crippen LogP contribution in [0.1, 0.15) is 20.8 Å². The lowest BCUT2D eigenvalue weighted by Gasteiger charge is -2.22. The van der Waals surface area contributed by atoms with E-state index in [9.17, 15) is 9.59 Å². The van der Waals surface area contributed by atoms with Crippen molar-refractivity contribution in [2.75, 3.05) is 29.9 Å². The first-order chi connectivity index (χ1) is 10.5. The summed E-state index contributed by atoms with van der Waals surface area (Å²) in [5.74, 6) is 0. The van der Waals surface area contributed by atoms with Gasteiger partial charge in [-0.3, -0.25) is 9.59 Å². The molecular formula is C17H22N2O3. The molecule has 22 heavy (non-hydrogen) atoms. The molecule has 1 unspecified atom stereocenters. The van der Waals surface area contributed by atoms with Crippen LogP contribution in [-0.4, -0.2) is 30.8 Å². The Balaban J connectivity index is 2.31. The molecule has 0 amide bonds. The SMILES string of the molecule is CCN(CC)c1ccc(-c2c(NC(C)CO)c(=O)c2=O)cc1. The fourth-order valence-electron chi connectivity index (χ4n) is 2.52. The molecule has 0 fully saturated rings. The van der Waals surface area contributed by atoms with E-state index in [4.69, 9.17) is 5.11 Å². The quantitative estimate of drug-likeness (QED) is 0.760. The second-order valence-corrected chi connectivity index (χ2v) is 5.36. The van der Waals surface area contributed by atoms with E-state index in [1.807, 2.05) is 24.3 Å². The van der Waals surface area contributed by atoms with Crippen LogP contribution in [-0.2, 0) is 0 Å². The number of rotatable bonds is 7. The van der Waals surface area contributed by atoms with E-state index in [1.165, 1.54) is 0 Å². The van der Waals surface area contributed by atoms with Crippen LogP contribution in [0.4, 0.5) is 11.4 Å². The summed E-state index contributed by atoms with van der Waals surface area (Å²) < 4.78 is 0. The molecule has 0 aromatic heterocycles. The van der Waals surface area contributed by atoms with Gasteiger partial charge in [-0.1, -0.05) is 12.1 Å². The first kappa shape index (κ1) is 16.2. The van der Waals surface area contributed by atoms with E-state index < -0.39 is 10.9 Å². The summed E-state index contributed by atoms with van der Waals surface area (Å²) in [6, 6.07) is 7.37. The summed E-state index contributed by atoms with van der Waals surface area (Å²) in [6.45, 7) is 7.66. The van der Waals surface area contributed by atoms with Crippen LogP contribution in [0.2, 0.25) is 0 Å². The normalized spacial score (nSPS) is 12.4. The Bertz CT molecular complexity index is 696. The maximum Gasteiger partial charge on any atom is 0.250 e. The van der Waals surface area contributed by atoms with Gasteiger partial charge in [0.05, 0.1) is 17.9 Å². The minimum atomic E-state index is -0.511. The fraction of sp³-hybridized carbons (Fsp3) is 0.412. The number of aliphatic hydroxyl groups excluding tert-OH is 1. The number of nitrogens with zero attached hydrogens (tertiary/aromatic N) is 1. The van der Waals surface area contributed by atoms with Gasteiger partial charge in [-0.15, -0.1) is 0 Å². The fourth-order valence-corrected chi connectivity index (χ4v) is 2.52. The molecule has 0 bridgehead atoms. The molecule has 0 spiro atoms. The smallest absolute Gasteiger partial charge is 0.250 e. The van der Waals surface area contributed by atoms with Crippen molar-refractivity contribution in [3.63, 3.8) is 0 Å². The van der Waals surface area contributed by atoms with Crippen LogP contribution < -0.4 is 21.1 Å². The van der Waals surface area contributed by atoms with E-state index >= 15 is 0 Å². The van der Waals surface area contributed by atoms with Crippen molar-refractivity contribution in [2.24, 2.45) is 0 Å². The van der Waals surface area contributed by atoms with E-state index in [0.717, 1.165) is 24.3 Å². The van der Waals surface area contributed by atoms with E-state index in [2.05, 4.69) is 24.1 Å². The molecule has 0 heterocycles. The molecular weight excluding hydrogens is 280 g/mol. The topological polar surface area (TPSA) is 69.6 Å². The van der Waals surface area contributed by atoms with Gasteiger partial charge in [0, 0.05) is 24.8 Å². The number of hydrogen-bond donors (Lipinski definition) is 2. The van der Waals surface area contributed by atoms with Crippen molar-refractivity contribution in [2.45, 2.75) is 26.8 Å². The highest BCUT2D eigenvalue weighted by atomic mass is 16.3. The average Bonchev–Trinajstić information content (AvgIpc) is 2.56. The van der Waals surface area contributed by atoms with Gasteiger partial charge in [0.15, 0.2) is 0 Å². The van der Waals surface area contributed by atoms with E-state index in [1.54, 1.807) is 6.92 Å². The summed E-state index contributed by atoms with van der Waals surface area (Å²) in [6.07, 6.45) is 0. The second-order valence-electron chi connectivity index (χ2n) is 5.36. The zero-order valence-corrected chi connectivity index (χ0v) is 13.2. The van der Waals surface area contributed by atoms with Crippen molar-refractivity contribution in [1.29, 1.82) is 0 Å². The first-order valence-corrected chi connectivity index (χ1v) is 7.59. The molecule has 0 aliphatic heterocycles. The van der Waals surface area contributed by atoms with Gasteiger partial charge in [-0.2, -0.15) is 0 Å². The number of nitrogens with one attached hydrogen (secondary N) is 1. The van der Waals surface area contributed by atoms with Crippen molar-refractivity contribution < 1.29 is 5.11 Å². The van der Waals surface area contributed by atoms with Crippen LogP contribution in [0, 0.1) is 0 Å². The van der Waals surface area contributed by atoms with Gasteiger partial charge in [0.1, 0.15) is 0 Å². The Hall–Kier alpha value is -2.14. The summed E-state index contributed by atoms with van der Waals surface area (Å²) in [7, 11) is 0. The molecule has 5 nitrogen and oxygen atoms in total. The summed E-state index contributed by atoms with van der Waals surface area (Å²) in [5, 5.41) is 12.0. The van der Waals surface area contributed by atoms with Crippen molar-refractivity contribution in [3.8, 4) is 11.1 Å². The molecule has 2 rings (SSSR count). The van der Waals surface area contributed by atoms with Crippen LogP contribution in [0.25, 0.3) is 11.1 Å². The lowest BCUT2D eigenvalue weighted by Crippen LogP contribution is -2.38. The predicted molar refractivity (Wildman–Crippen MR) is 90.5 cm³/mol. The Kier molecular flexibility index (Phi) is 4.98. The van der Waals surface area contributed by atoms with Crippen molar-refractivity contribution in [1.82, 2.24) is 0 Å². The highest BCUT2D eigenvalue weighted by Crippen LogP contribution is 2.26. The molecule has 0 radical (unpaired) electrons. The Labute approximate surface area is 129 Å². The van der Waals surface area contributed by atoms with Crippen molar-refractivity contribution in [3.05, 3.63) is 44.7 Å². The van der Waals surface area contributed by atoms with Crippen molar-refractivity contribution >= 4 is 11.4 Å². The third kappa shape index (κ3) is 2.90. The minimum absolute atomic E-state index is 0.0981. The van der Waals surface area contributed by atoms with Crippen LogP contribution in [0.3, 0.4) is 0 Å². The highest BCUT2D eigenvalue weighted by Gasteiger charge is 2.23. The molecule has 0 saturated heterocycles. The van der Waals surface area contributed by atoms with Gasteiger partial charge in [-0.25, -0.2) is 0 Å². The first-order valence-electron chi connectivity index (χ1n) is 7.59. The number of hydrogen-bond acceptors (Lipinski definition) is 5. The molecule has 2 N–H and O–H groups in total. The number of benzene rings is 1. The van der Waals surface area contributed by atoms with Gasteiger partial charge in [0.25, 0.3) is 0 Å². The molecule has 118 valence electrons. The Morgan fingerprint density at radius 3 is 2.18 bits per heavy atom. The highest BCUT2D eigenvalue weighted by molar-refractivity contribution is 5.82. The van der Waals surface area contributed by atoms with Gasteiger partial charge in [-0.05, 0) is 38.5 Å². The number of anilines is 2. The van der Waals surface area contributed by atoms with Crippen LogP contribution in [0.15, 0.2) is 33.9 Å². The Morgan fingerprint density at radius 1 is 1.09 bits per heavy atom. The van der Waals surface area contributed by atoms with Gasteiger partial charge < -0.3 is 15.3 Å². The summed E-state index contributed by atoms with van der Waals surface area (Å²) >= 11 is 0. The largest absolute Gasteiger partial charge is 0.394 e. The zero-order chi connectivity index (χ0) is 16.3. The lowest BCUT2D eigenvalue weighted by molar-refractivity contribution is 0.281. The van der Waals surface area contributed by atoms with E-state index in [-0.39, 0.29) is 12.6 Å². The third-order valence-electron chi connectivity index (χ3n) is 3.86. The Morgan fingerprint density at radius 2 is 1.68 bits per heavy atom. The second kappa shape index (κ2) is 6.75. The summed E-state index contributed by atoms with van der Waals surface area (Å²) in [5.41, 5.74) is 1.56. The van der Waals surface area contributed by atoms with Crippen LogP contribution >= 0.6 is 0 Å². The van der Waals surface area contributed by atoms with E-state index in [0.29, 0.717) is 11.3 Å². The molecule has 0 aliphatic carbocycles. The summed E-state index contributed by atoms with van der Waals surface area (Å²) in [4.78, 5) is 25.8. The third-order valence-corrected chi connectivity index (χ3v) is 3.86. The molecule has 2 aromatic rings. The van der Waals surface area contributed by atoms with Gasteiger partial charge >= 0.3 is 0 Å². The minimum Gasteiger partial charge on any atom is -0.394 e. The maximum absolute atomic E-state index is 11.9. The number of aliphatic hydroxyl groups is 1. The molecule has 1 atom stereocenters. The molecule has 0 saturated carbocycles. The standard InChI is InChI=1S/C17H22N2O3/c1-4-19(5-2)13-8-6-12(7-9-13)14-15(17(22)16(14)21)18-11(3)10-20/h6-9,11,18,20H,4-5,10H2,1-3H3. The average molecular weight is 302 g/mol. The monoisotopic (exact) mass is 302 g/mol. The van der Waals surface area contributed by atoms with Crippen LogP contribution in [0.5, 0.6) is 0 Å². The zero-order valence-electron chi connectivity index (χ0n) is 13.2. The predicted octanol–water partition coefficient (Wildman–Crippen LogP) is 1.59.